The Hall–Kier alpha value is -1.39. The van der Waals surface area contributed by atoms with E-state index in [9.17, 15) is 4.79 Å². The third-order valence-corrected chi connectivity index (χ3v) is 2.51. The number of ether oxygens (including phenoxy) is 1. The summed E-state index contributed by atoms with van der Waals surface area (Å²) in [7, 11) is 0. The highest BCUT2D eigenvalue weighted by atomic mass is 16.5. The first-order valence-electron chi connectivity index (χ1n) is 5.87. The van der Waals surface area contributed by atoms with E-state index in [0.717, 1.165) is 18.4 Å². The molecule has 0 radical (unpaired) electrons. The number of carbonyl (C=O) groups excluding carboxylic acids is 1. The first kappa shape index (κ1) is 13.7. The van der Waals surface area contributed by atoms with E-state index in [1.165, 1.54) is 0 Å². The maximum atomic E-state index is 11.6. The second-order valence-corrected chi connectivity index (χ2v) is 4.13. The molecule has 0 bridgehead atoms. The van der Waals surface area contributed by atoms with Gasteiger partial charge in [0.1, 0.15) is 11.8 Å². The van der Waals surface area contributed by atoms with E-state index < -0.39 is 6.04 Å². The summed E-state index contributed by atoms with van der Waals surface area (Å²) in [5, 5.41) is 0. The van der Waals surface area contributed by atoms with Crippen molar-refractivity contribution >= 4 is 5.97 Å². The lowest BCUT2D eigenvalue weighted by atomic mass is 10.1. The third-order valence-electron chi connectivity index (χ3n) is 2.51. The van der Waals surface area contributed by atoms with Crippen LogP contribution in [0.2, 0.25) is 0 Å². The van der Waals surface area contributed by atoms with Crippen LogP contribution in [0.5, 0.6) is 5.75 Å². The molecule has 1 atom stereocenters. The summed E-state index contributed by atoms with van der Waals surface area (Å²) in [6.45, 7) is 2.60. The van der Waals surface area contributed by atoms with Crippen molar-refractivity contribution in [3.8, 4) is 5.75 Å². The van der Waals surface area contributed by atoms with Gasteiger partial charge in [-0.2, -0.15) is 0 Å². The van der Waals surface area contributed by atoms with Crippen molar-refractivity contribution in [2.75, 3.05) is 6.54 Å². The van der Waals surface area contributed by atoms with Crippen molar-refractivity contribution in [1.82, 2.24) is 0 Å². The molecule has 1 aromatic carbocycles. The molecule has 0 unspecified atom stereocenters. The van der Waals surface area contributed by atoms with Crippen molar-refractivity contribution in [2.24, 2.45) is 11.5 Å². The van der Waals surface area contributed by atoms with Crippen molar-refractivity contribution in [3.63, 3.8) is 0 Å². The van der Waals surface area contributed by atoms with Gasteiger partial charge in [0.25, 0.3) is 0 Å². The van der Waals surface area contributed by atoms with Gasteiger partial charge in [0.15, 0.2) is 0 Å². The van der Waals surface area contributed by atoms with E-state index in [4.69, 9.17) is 16.2 Å². The quantitative estimate of drug-likeness (QED) is 0.444. The fourth-order valence-electron chi connectivity index (χ4n) is 1.42. The molecule has 0 saturated carbocycles. The minimum absolute atomic E-state index is 0.383. The zero-order chi connectivity index (χ0) is 12.7. The monoisotopic (exact) mass is 236 g/mol. The average molecular weight is 236 g/mol. The molecule has 1 rings (SSSR count). The number of hydrogen-bond donors (Lipinski definition) is 2. The predicted molar refractivity (Wildman–Crippen MR) is 67.7 cm³/mol. The van der Waals surface area contributed by atoms with E-state index in [1.54, 1.807) is 12.1 Å². The molecule has 0 aliphatic rings. The van der Waals surface area contributed by atoms with Crippen LogP contribution in [0, 0.1) is 6.92 Å². The van der Waals surface area contributed by atoms with E-state index >= 15 is 0 Å². The summed E-state index contributed by atoms with van der Waals surface area (Å²) in [6.07, 6.45) is 2.34. The summed E-state index contributed by atoms with van der Waals surface area (Å²) in [6, 6.07) is 6.74. The average Bonchev–Trinajstić information content (AvgIpc) is 2.32. The van der Waals surface area contributed by atoms with Gasteiger partial charge in [-0.1, -0.05) is 24.1 Å². The van der Waals surface area contributed by atoms with Gasteiger partial charge in [-0.25, -0.2) is 4.79 Å². The standard InChI is InChI=1S/C13H20N2O2/c1-10-5-7-11(8-6-10)17-13(16)12(15)4-2-3-9-14/h5-8,12H,2-4,9,14-15H2,1H3/t12-/m0/s1. The summed E-state index contributed by atoms with van der Waals surface area (Å²) in [4.78, 5) is 11.6. The lowest BCUT2D eigenvalue weighted by molar-refractivity contribution is -0.136. The van der Waals surface area contributed by atoms with Crippen LogP contribution < -0.4 is 16.2 Å². The molecular weight excluding hydrogens is 216 g/mol. The molecule has 0 heterocycles. The Labute approximate surface area is 102 Å². The number of carbonyl (C=O) groups is 1. The fourth-order valence-corrected chi connectivity index (χ4v) is 1.42. The lowest BCUT2D eigenvalue weighted by Gasteiger charge is -2.10. The third kappa shape index (κ3) is 4.97. The molecule has 0 fully saturated rings. The number of nitrogens with two attached hydrogens (primary N) is 2. The fraction of sp³-hybridized carbons (Fsp3) is 0.462. The first-order valence-corrected chi connectivity index (χ1v) is 5.87. The largest absolute Gasteiger partial charge is 0.425 e. The van der Waals surface area contributed by atoms with Crippen LogP contribution in [0.4, 0.5) is 0 Å². The molecule has 0 aliphatic heterocycles. The van der Waals surface area contributed by atoms with Gasteiger partial charge in [0.05, 0.1) is 0 Å². The Morgan fingerprint density at radius 3 is 2.53 bits per heavy atom. The number of esters is 1. The number of unbranched alkanes of at least 4 members (excludes halogenated alkanes) is 1. The van der Waals surface area contributed by atoms with E-state index in [-0.39, 0.29) is 5.97 Å². The molecule has 94 valence electrons. The number of benzene rings is 1. The van der Waals surface area contributed by atoms with Crippen molar-refractivity contribution < 1.29 is 9.53 Å². The molecule has 1 aromatic rings. The van der Waals surface area contributed by atoms with Gasteiger partial charge in [-0.3, -0.25) is 0 Å². The maximum absolute atomic E-state index is 11.6. The molecule has 4 nitrogen and oxygen atoms in total. The van der Waals surface area contributed by atoms with Crippen LogP contribution in [0.15, 0.2) is 24.3 Å². The van der Waals surface area contributed by atoms with Crippen molar-refractivity contribution in [3.05, 3.63) is 29.8 Å². The molecular formula is C13H20N2O2. The zero-order valence-electron chi connectivity index (χ0n) is 10.2. The topological polar surface area (TPSA) is 78.3 Å². The van der Waals surface area contributed by atoms with Crippen LogP contribution in [0.3, 0.4) is 0 Å². The second-order valence-electron chi connectivity index (χ2n) is 4.13. The minimum Gasteiger partial charge on any atom is -0.425 e. The number of aryl methyl sites for hydroxylation is 1. The first-order chi connectivity index (χ1) is 8.13. The Morgan fingerprint density at radius 1 is 1.29 bits per heavy atom. The second kappa shape index (κ2) is 7.04. The van der Waals surface area contributed by atoms with Crippen molar-refractivity contribution in [2.45, 2.75) is 32.2 Å². The van der Waals surface area contributed by atoms with Gasteiger partial charge in [0.2, 0.25) is 0 Å². The summed E-state index contributed by atoms with van der Waals surface area (Å²) >= 11 is 0. The van der Waals surface area contributed by atoms with Crippen LogP contribution in [-0.4, -0.2) is 18.6 Å². The van der Waals surface area contributed by atoms with Gasteiger partial charge < -0.3 is 16.2 Å². The molecule has 0 saturated heterocycles. The van der Waals surface area contributed by atoms with Crippen molar-refractivity contribution in [1.29, 1.82) is 0 Å². The van der Waals surface area contributed by atoms with E-state index in [0.29, 0.717) is 18.7 Å². The van der Waals surface area contributed by atoms with Crippen LogP contribution in [0.1, 0.15) is 24.8 Å². The Kier molecular flexibility index (Phi) is 5.66. The minimum atomic E-state index is -0.567. The van der Waals surface area contributed by atoms with E-state index in [2.05, 4.69) is 0 Å². The smallest absolute Gasteiger partial charge is 0.328 e. The zero-order valence-corrected chi connectivity index (χ0v) is 10.2. The molecule has 4 N–H and O–H groups in total. The Bertz CT molecular complexity index is 349. The molecule has 17 heavy (non-hydrogen) atoms. The number of rotatable bonds is 6. The highest BCUT2D eigenvalue weighted by Gasteiger charge is 2.15. The van der Waals surface area contributed by atoms with Gasteiger partial charge in [-0.15, -0.1) is 0 Å². The molecule has 4 heteroatoms. The van der Waals surface area contributed by atoms with E-state index in [1.807, 2.05) is 19.1 Å². The predicted octanol–water partition coefficient (Wildman–Crippen LogP) is 1.36. The molecule has 0 aliphatic carbocycles. The normalized spacial score (nSPS) is 12.2. The highest BCUT2D eigenvalue weighted by Crippen LogP contribution is 2.12. The van der Waals surface area contributed by atoms with Gasteiger partial charge in [-0.05, 0) is 38.4 Å². The Morgan fingerprint density at radius 2 is 1.94 bits per heavy atom. The summed E-state index contributed by atoms with van der Waals surface area (Å²) < 4.78 is 5.17. The molecule has 0 aromatic heterocycles. The lowest BCUT2D eigenvalue weighted by Crippen LogP contribution is -2.34. The summed E-state index contributed by atoms with van der Waals surface area (Å²) in [5.41, 5.74) is 12.2. The van der Waals surface area contributed by atoms with Crippen LogP contribution >= 0.6 is 0 Å². The SMILES string of the molecule is Cc1ccc(OC(=O)[C@@H](N)CCCCN)cc1. The van der Waals surface area contributed by atoms with Crippen LogP contribution in [0.25, 0.3) is 0 Å². The Balaban J connectivity index is 2.40. The van der Waals surface area contributed by atoms with Gasteiger partial charge in [0, 0.05) is 0 Å². The maximum Gasteiger partial charge on any atom is 0.328 e. The highest BCUT2D eigenvalue weighted by molar-refractivity contribution is 5.77. The molecule has 0 amide bonds. The van der Waals surface area contributed by atoms with Crippen LogP contribution in [-0.2, 0) is 4.79 Å². The molecule has 0 spiro atoms. The number of hydrogen-bond acceptors (Lipinski definition) is 4. The summed E-state index contributed by atoms with van der Waals surface area (Å²) in [5.74, 6) is 0.153. The van der Waals surface area contributed by atoms with Gasteiger partial charge >= 0.3 is 5.97 Å².